The molecule has 7 heteroatoms. The summed E-state index contributed by atoms with van der Waals surface area (Å²) in [6.07, 6.45) is 0.157. The fraction of sp³-hybridized carbons (Fsp3) is 0.500. The van der Waals surface area contributed by atoms with E-state index in [1.165, 1.54) is 0 Å². The molecule has 2 aliphatic rings. The molecule has 1 fully saturated rings. The molecule has 2 aliphatic heterocycles. The van der Waals surface area contributed by atoms with Crippen molar-refractivity contribution < 1.29 is 18.0 Å². The Labute approximate surface area is 136 Å². The smallest absolute Gasteiger partial charge is 0.272 e. The molecule has 0 aromatic heterocycles. The number of rotatable bonds is 2. The Kier molecular flexibility index (Phi) is 4.14. The van der Waals surface area contributed by atoms with Crippen molar-refractivity contribution in [2.45, 2.75) is 37.7 Å². The molecular formula is C16H20N2O4S. The van der Waals surface area contributed by atoms with Crippen molar-refractivity contribution in [3.8, 4) is 0 Å². The first kappa shape index (κ1) is 16.0. The van der Waals surface area contributed by atoms with Crippen molar-refractivity contribution in [3.63, 3.8) is 0 Å². The molecule has 1 amide bonds. The number of carbonyl (C=O) groups excluding carboxylic acids is 1. The van der Waals surface area contributed by atoms with Gasteiger partial charge in [-0.05, 0) is 19.4 Å². The van der Waals surface area contributed by atoms with Gasteiger partial charge in [0.15, 0.2) is 15.9 Å². The molecule has 3 atom stereocenters. The van der Waals surface area contributed by atoms with E-state index in [1.807, 2.05) is 30.3 Å². The van der Waals surface area contributed by atoms with Crippen LogP contribution in [0.1, 0.15) is 31.9 Å². The minimum absolute atomic E-state index is 0.000494. The Morgan fingerprint density at radius 1 is 1.26 bits per heavy atom. The van der Waals surface area contributed by atoms with Crippen LogP contribution in [-0.4, -0.2) is 48.5 Å². The standard InChI is InChI=1S/C16H20N2O4S/c1-11-12(2)23(20,21)9-8-18(11)16(19)14-10-15(22-17-14)13-6-4-3-5-7-13/h3-7,11-12,15H,8-10H2,1-2H3. The summed E-state index contributed by atoms with van der Waals surface area (Å²) in [6, 6.07) is 9.26. The molecule has 0 aliphatic carbocycles. The average molecular weight is 336 g/mol. The third-order valence-electron chi connectivity index (χ3n) is 4.70. The SMILES string of the molecule is CC1C(C)S(=O)(=O)CCN1C(=O)C1=NOC(c2ccccc2)C1. The highest BCUT2D eigenvalue weighted by Gasteiger charge is 2.40. The largest absolute Gasteiger partial charge is 0.387 e. The van der Waals surface area contributed by atoms with Gasteiger partial charge in [0, 0.05) is 19.0 Å². The predicted octanol–water partition coefficient (Wildman–Crippen LogP) is 1.54. The number of carbonyl (C=O) groups is 1. The maximum Gasteiger partial charge on any atom is 0.272 e. The number of amides is 1. The maximum absolute atomic E-state index is 12.7. The zero-order valence-corrected chi connectivity index (χ0v) is 14.0. The van der Waals surface area contributed by atoms with Crippen LogP contribution in [0, 0.1) is 0 Å². The van der Waals surface area contributed by atoms with E-state index in [9.17, 15) is 13.2 Å². The van der Waals surface area contributed by atoms with E-state index >= 15 is 0 Å². The number of oxime groups is 1. The maximum atomic E-state index is 12.7. The number of sulfone groups is 1. The van der Waals surface area contributed by atoms with E-state index in [0.717, 1.165) is 5.56 Å². The van der Waals surface area contributed by atoms with E-state index in [4.69, 9.17) is 4.84 Å². The van der Waals surface area contributed by atoms with Gasteiger partial charge < -0.3 is 9.74 Å². The van der Waals surface area contributed by atoms with Crippen LogP contribution in [0.3, 0.4) is 0 Å². The molecule has 0 saturated carbocycles. The minimum atomic E-state index is -3.12. The highest BCUT2D eigenvalue weighted by Crippen LogP contribution is 2.29. The topological polar surface area (TPSA) is 76.0 Å². The number of hydrogen-bond donors (Lipinski definition) is 0. The number of hydrogen-bond acceptors (Lipinski definition) is 5. The third-order valence-corrected chi connectivity index (χ3v) is 6.98. The van der Waals surface area contributed by atoms with Gasteiger partial charge in [-0.1, -0.05) is 35.5 Å². The number of benzene rings is 1. The first-order valence-corrected chi connectivity index (χ1v) is 9.42. The van der Waals surface area contributed by atoms with Gasteiger partial charge in [0.05, 0.1) is 11.0 Å². The summed E-state index contributed by atoms with van der Waals surface area (Å²) in [5, 5.41) is 3.38. The van der Waals surface area contributed by atoms with E-state index in [2.05, 4.69) is 5.16 Å². The molecule has 0 bridgehead atoms. The van der Waals surface area contributed by atoms with Crippen LogP contribution < -0.4 is 0 Å². The van der Waals surface area contributed by atoms with Crippen LogP contribution in [0.5, 0.6) is 0 Å². The van der Waals surface area contributed by atoms with Crippen molar-refractivity contribution in [1.82, 2.24) is 4.90 Å². The summed E-state index contributed by atoms with van der Waals surface area (Å²) in [5.41, 5.74) is 1.33. The van der Waals surface area contributed by atoms with Gasteiger partial charge in [-0.3, -0.25) is 4.79 Å². The lowest BCUT2D eigenvalue weighted by molar-refractivity contribution is -0.126. The lowest BCUT2D eigenvalue weighted by Gasteiger charge is -2.37. The van der Waals surface area contributed by atoms with Crippen LogP contribution in [0.2, 0.25) is 0 Å². The second kappa shape index (κ2) is 5.96. The van der Waals surface area contributed by atoms with E-state index in [1.54, 1.807) is 18.7 Å². The fourth-order valence-electron chi connectivity index (χ4n) is 2.97. The average Bonchev–Trinajstić information content (AvgIpc) is 3.03. The molecule has 0 N–H and O–H groups in total. The summed E-state index contributed by atoms with van der Waals surface area (Å²) >= 11 is 0. The molecule has 6 nitrogen and oxygen atoms in total. The second-order valence-corrected chi connectivity index (χ2v) is 8.54. The van der Waals surface area contributed by atoms with Gasteiger partial charge in [-0.25, -0.2) is 8.42 Å². The Bertz CT molecular complexity index is 730. The van der Waals surface area contributed by atoms with E-state index in [-0.39, 0.29) is 30.4 Å². The first-order valence-electron chi connectivity index (χ1n) is 7.70. The van der Waals surface area contributed by atoms with Gasteiger partial charge in [0.1, 0.15) is 5.71 Å². The molecule has 3 rings (SSSR count). The van der Waals surface area contributed by atoms with Gasteiger partial charge in [-0.2, -0.15) is 0 Å². The Hall–Kier alpha value is -1.89. The van der Waals surface area contributed by atoms with Crippen molar-refractivity contribution in [2.75, 3.05) is 12.3 Å². The van der Waals surface area contributed by atoms with Crippen molar-refractivity contribution in [3.05, 3.63) is 35.9 Å². The van der Waals surface area contributed by atoms with Crippen LogP contribution >= 0.6 is 0 Å². The van der Waals surface area contributed by atoms with Crippen LogP contribution in [0.4, 0.5) is 0 Å². The first-order chi connectivity index (χ1) is 10.9. The summed E-state index contributed by atoms with van der Waals surface area (Å²) in [7, 11) is -3.12. The van der Waals surface area contributed by atoms with Gasteiger partial charge in [0.2, 0.25) is 0 Å². The molecular weight excluding hydrogens is 316 g/mol. The quantitative estimate of drug-likeness (QED) is 0.821. The summed E-state index contributed by atoms with van der Waals surface area (Å²) in [5.74, 6) is -0.224. The zero-order valence-electron chi connectivity index (χ0n) is 13.2. The summed E-state index contributed by atoms with van der Waals surface area (Å²) in [6.45, 7) is 3.63. The van der Waals surface area contributed by atoms with Crippen molar-refractivity contribution in [1.29, 1.82) is 0 Å². The molecule has 1 aromatic rings. The molecule has 0 radical (unpaired) electrons. The molecule has 1 aromatic carbocycles. The highest BCUT2D eigenvalue weighted by molar-refractivity contribution is 7.92. The van der Waals surface area contributed by atoms with Crippen LogP contribution in [-0.2, 0) is 19.5 Å². The zero-order chi connectivity index (χ0) is 16.6. The van der Waals surface area contributed by atoms with Gasteiger partial charge in [0.25, 0.3) is 5.91 Å². The summed E-state index contributed by atoms with van der Waals surface area (Å²) < 4.78 is 23.9. The van der Waals surface area contributed by atoms with Gasteiger partial charge in [-0.15, -0.1) is 0 Å². The van der Waals surface area contributed by atoms with Crippen molar-refractivity contribution in [2.24, 2.45) is 5.16 Å². The van der Waals surface area contributed by atoms with E-state index in [0.29, 0.717) is 12.1 Å². The minimum Gasteiger partial charge on any atom is -0.387 e. The Balaban J connectivity index is 1.70. The highest BCUT2D eigenvalue weighted by atomic mass is 32.2. The molecule has 23 heavy (non-hydrogen) atoms. The lowest BCUT2D eigenvalue weighted by atomic mass is 10.0. The lowest BCUT2D eigenvalue weighted by Crippen LogP contribution is -2.55. The molecule has 124 valence electrons. The molecule has 1 saturated heterocycles. The molecule has 0 spiro atoms. The van der Waals surface area contributed by atoms with Gasteiger partial charge >= 0.3 is 0 Å². The second-order valence-electron chi connectivity index (χ2n) is 6.06. The van der Waals surface area contributed by atoms with Crippen LogP contribution in [0.25, 0.3) is 0 Å². The fourth-order valence-corrected chi connectivity index (χ4v) is 4.54. The number of nitrogens with zero attached hydrogens (tertiary/aromatic N) is 2. The predicted molar refractivity (Wildman–Crippen MR) is 86.7 cm³/mol. The monoisotopic (exact) mass is 336 g/mol. The molecule has 3 unspecified atom stereocenters. The summed E-state index contributed by atoms with van der Waals surface area (Å²) in [4.78, 5) is 19.7. The molecule has 2 heterocycles. The Morgan fingerprint density at radius 2 is 1.96 bits per heavy atom. The van der Waals surface area contributed by atoms with E-state index < -0.39 is 15.1 Å². The normalized spacial score (nSPS) is 29.7. The van der Waals surface area contributed by atoms with Crippen LogP contribution in [0.15, 0.2) is 35.5 Å². The van der Waals surface area contributed by atoms with Crippen molar-refractivity contribution >= 4 is 21.5 Å². The third kappa shape index (κ3) is 2.97. The Morgan fingerprint density at radius 3 is 2.65 bits per heavy atom.